The van der Waals surface area contributed by atoms with E-state index in [1.807, 2.05) is 18.2 Å². The molecule has 3 amide bonds. The molecule has 11 heteroatoms. The average molecular weight is 473 g/mol. The number of hydrogen-bond acceptors (Lipinski definition) is 6. The highest BCUT2D eigenvalue weighted by atomic mass is 16.5. The predicted molar refractivity (Wildman–Crippen MR) is 130 cm³/mol. The van der Waals surface area contributed by atoms with Crippen molar-refractivity contribution in [3.63, 3.8) is 0 Å². The molecule has 4 rings (SSSR count). The van der Waals surface area contributed by atoms with E-state index in [2.05, 4.69) is 25.9 Å². The number of para-hydroxylation sites is 1. The fourth-order valence-corrected chi connectivity index (χ4v) is 3.38. The van der Waals surface area contributed by atoms with E-state index < -0.39 is 17.5 Å². The Morgan fingerprint density at radius 2 is 1.71 bits per heavy atom. The Morgan fingerprint density at radius 3 is 2.40 bits per heavy atom. The van der Waals surface area contributed by atoms with Gasteiger partial charge in [-0.25, -0.2) is 19.4 Å². The largest absolute Gasteiger partial charge is 0.456 e. The van der Waals surface area contributed by atoms with Gasteiger partial charge >= 0.3 is 6.03 Å². The van der Waals surface area contributed by atoms with E-state index in [0.717, 1.165) is 0 Å². The van der Waals surface area contributed by atoms with E-state index in [4.69, 9.17) is 4.74 Å². The monoisotopic (exact) mass is 473 g/mol. The van der Waals surface area contributed by atoms with Gasteiger partial charge in [-0.2, -0.15) is 0 Å². The fraction of sp³-hybridized carbons (Fsp3) is 0.125. The Balaban J connectivity index is 1.48. The Kier molecular flexibility index (Phi) is 6.58. The van der Waals surface area contributed by atoms with Crippen LogP contribution in [0, 0.1) is 6.92 Å². The lowest BCUT2D eigenvalue weighted by Crippen LogP contribution is -2.25. The van der Waals surface area contributed by atoms with Crippen LogP contribution in [-0.4, -0.2) is 38.3 Å². The van der Waals surface area contributed by atoms with Gasteiger partial charge in [0.1, 0.15) is 28.7 Å². The normalized spacial score (nSPS) is 10.5. The molecule has 35 heavy (non-hydrogen) atoms. The van der Waals surface area contributed by atoms with E-state index in [1.54, 1.807) is 55.1 Å². The van der Waals surface area contributed by atoms with Gasteiger partial charge in [0.15, 0.2) is 0 Å². The molecule has 178 valence electrons. The molecular weight excluding hydrogens is 450 g/mol. The summed E-state index contributed by atoms with van der Waals surface area (Å²) in [6.07, 6.45) is 2.93. The summed E-state index contributed by atoms with van der Waals surface area (Å²) >= 11 is 0. The minimum absolute atomic E-state index is 0.0337. The van der Waals surface area contributed by atoms with Gasteiger partial charge in [0.2, 0.25) is 0 Å². The summed E-state index contributed by atoms with van der Waals surface area (Å²) in [6, 6.07) is 15.0. The number of urea groups is 1. The van der Waals surface area contributed by atoms with Crippen molar-refractivity contribution in [2.24, 2.45) is 7.05 Å². The van der Waals surface area contributed by atoms with Crippen molar-refractivity contribution in [1.82, 2.24) is 24.6 Å². The van der Waals surface area contributed by atoms with Crippen LogP contribution in [-0.2, 0) is 7.05 Å². The van der Waals surface area contributed by atoms with Crippen molar-refractivity contribution in [2.75, 3.05) is 17.7 Å². The van der Waals surface area contributed by atoms with Crippen molar-refractivity contribution in [2.45, 2.75) is 6.92 Å². The standard InChI is InChI=1S/C24H23N7O4/c1-15-21(23(33)31(30(15)3)16-7-5-4-6-8-16)22(32)28-19-10-9-18(14-27-19)35-17-11-12-26-20(13-17)29-24(34)25-2/h4-14H,1-3H3,(H,27,28,32)(H2,25,26,29,34). The Bertz CT molecular complexity index is 1430. The highest BCUT2D eigenvalue weighted by Crippen LogP contribution is 2.23. The average Bonchev–Trinajstić information content (AvgIpc) is 3.08. The van der Waals surface area contributed by atoms with Crippen molar-refractivity contribution < 1.29 is 14.3 Å². The Hall–Kier alpha value is -4.93. The lowest BCUT2D eigenvalue weighted by atomic mass is 10.2. The number of nitrogens with one attached hydrogen (secondary N) is 3. The molecule has 0 saturated heterocycles. The summed E-state index contributed by atoms with van der Waals surface area (Å²) in [4.78, 5) is 45.6. The van der Waals surface area contributed by atoms with Crippen molar-refractivity contribution in [3.8, 4) is 17.2 Å². The second-order valence-electron chi connectivity index (χ2n) is 7.45. The number of benzene rings is 1. The number of rotatable bonds is 6. The first-order valence-electron chi connectivity index (χ1n) is 10.6. The highest BCUT2D eigenvalue weighted by Gasteiger charge is 2.22. The maximum absolute atomic E-state index is 13.0. The maximum atomic E-state index is 13.0. The summed E-state index contributed by atoms with van der Waals surface area (Å²) in [7, 11) is 3.22. The molecular formula is C24H23N7O4. The van der Waals surface area contributed by atoms with E-state index in [9.17, 15) is 14.4 Å². The van der Waals surface area contributed by atoms with Crippen LogP contribution in [0.25, 0.3) is 5.69 Å². The van der Waals surface area contributed by atoms with Crippen LogP contribution in [0.4, 0.5) is 16.4 Å². The van der Waals surface area contributed by atoms with Crippen LogP contribution in [0.1, 0.15) is 16.1 Å². The van der Waals surface area contributed by atoms with Crippen LogP contribution in [0.15, 0.2) is 71.8 Å². The number of carbonyl (C=O) groups excluding carboxylic acids is 2. The maximum Gasteiger partial charge on any atom is 0.320 e. The number of aromatic nitrogens is 4. The molecule has 0 unspecified atom stereocenters. The highest BCUT2D eigenvalue weighted by molar-refractivity contribution is 6.04. The number of carbonyl (C=O) groups is 2. The second kappa shape index (κ2) is 9.91. The second-order valence-corrected chi connectivity index (χ2v) is 7.45. The Morgan fingerprint density at radius 1 is 0.943 bits per heavy atom. The lowest BCUT2D eigenvalue weighted by molar-refractivity contribution is 0.102. The molecule has 0 radical (unpaired) electrons. The van der Waals surface area contributed by atoms with Crippen LogP contribution < -0.4 is 26.2 Å². The van der Waals surface area contributed by atoms with Crippen LogP contribution in [0.5, 0.6) is 11.5 Å². The third-order valence-electron chi connectivity index (χ3n) is 5.19. The van der Waals surface area contributed by atoms with E-state index in [0.29, 0.717) is 28.7 Å². The molecule has 3 aromatic heterocycles. The molecule has 0 aliphatic rings. The van der Waals surface area contributed by atoms with Gasteiger partial charge in [0.25, 0.3) is 11.5 Å². The summed E-state index contributed by atoms with van der Waals surface area (Å²) in [5, 5.41) is 7.66. The third kappa shape index (κ3) is 5.03. The molecule has 1 aromatic carbocycles. The molecule has 0 spiro atoms. The first kappa shape index (κ1) is 23.2. The molecule has 4 aromatic rings. The van der Waals surface area contributed by atoms with Crippen molar-refractivity contribution in [3.05, 3.63) is 88.6 Å². The third-order valence-corrected chi connectivity index (χ3v) is 5.19. The van der Waals surface area contributed by atoms with E-state index in [-0.39, 0.29) is 11.4 Å². The smallest absolute Gasteiger partial charge is 0.320 e. The number of ether oxygens (including phenoxy) is 1. The van der Waals surface area contributed by atoms with Crippen LogP contribution in [0.3, 0.4) is 0 Å². The minimum atomic E-state index is -0.557. The number of amides is 3. The number of pyridine rings is 2. The molecule has 11 nitrogen and oxygen atoms in total. The van der Waals surface area contributed by atoms with E-state index >= 15 is 0 Å². The molecule has 3 N–H and O–H groups in total. The van der Waals surface area contributed by atoms with Gasteiger partial charge < -0.3 is 15.4 Å². The lowest BCUT2D eigenvalue weighted by Gasteiger charge is -2.09. The van der Waals surface area contributed by atoms with Gasteiger partial charge in [0, 0.05) is 26.4 Å². The molecule has 0 bridgehead atoms. The fourth-order valence-electron chi connectivity index (χ4n) is 3.38. The van der Waals surface area contributed by atoms with E-state index in [1.165, 1.54) is 24.1 Å². The molecule has 0 saturated carbocycles. The molecule has 0 aliphatic carbocycles. The number of hydrogen-bond donors (Lipinski definition) is 3. The van der Waals surface area contributed by atoms with Crippen LogP contribution >= 0.6 is 0 Å². The molecule has 0 aliphatic heterocycles. The first-order chi connectivity index (χ1) is 16.9. The van der Waals surface area contributed by atoms with Gasteiger partial charge in [-0.1, -0.05) is 18.2 Å². The summed E-state index contributed by atoms with van der Waals surface area (Å²) in [5.74, 6) is 0.859. The van der Waals surface area contributed by atoms with Gasteiger partial charge in [0.05, 0.1) is 17.6 Å². The number of anilines is 2. The quantitative estimate of drug-likeness (QED) is 0.394. The zero-order chi connectivity index (χ0) is 24.9. The topological polar surface area (TPSA) is 132 Å². The zero-order valence-corrected chi connectivity index (χ0v) is 19.3. The predicted octanol–water partition coefficient (Wildman–Crippen LogP) is 3.07. The Labute approximate surface area is 200 Å². The summed E-state index contributed by atoms with van der Waals surface area (Å²) in [6.45, 7) is 1.71. The molecule has 0 fully saturated rings. The number of nitrogens with zero attached hydrogens (tertiary/aromatic N) is 4. The van der Waals surface area contributed by atoms with Gasteiger partial charge in [-0.15, -0.1) is 0 Å². The van der Waals surface area contributed by atoms with Crippen molar-refractivity contribution in [1.29, 1.82) is 0 Å². The first-order valence-corrected chi connectivity index (χ1v) is 10.6. The molecule has 3 heterocycles. The zero-order valence-electron chi connectivity index (χ0n) is 19.3. The SMILES string of the molecule is CNC(=O)Nc1cc(Oc2ccc(NC(=O)c3c(C)n(C)n(-c4ccccc4)c3=O)nc2)ccn1. The molecule has 0 atom stereocenters. The minimum Gasteiger partial charge on any atom is -0.456 e. The van der Waals surface area contributed by atoms with Gasteiger partial charge in [-0.3, -0.25) is 19.6 Å². The van der Waals surface area contributed by atoms with Crippen molar-refractivity contribution >= 4 is 23.6 Å². The summed E-state index contributed by atoms with van der Waals surface area (Å²) in [5.41, 5.74) is 0.792. The summed E-state index contributed by atoms with van der Waals surface area (Å²) < 4.78 is 8.82. The van der Waals surface area contributed by atoms with Gasteiger partial charge in [-0.05, 0) is 37.3 Å². The van der Waals surface area contributed by atoms with Crippen LogP contribution in [0.2, 0.25) is 0 Å².